The first kappa shape index (κ1) is 16.6. The summed E-state index contributed by atoms with van der Waals surface area (Å²) >= 11 is 5.79. The summed E-state index contributed by atoms with van der Waals surface area (Å²) in [7, 11) is 1.33. The molecule has 1 amide bonds. The van der Waals surface area contributed by atoms with Crippen molar-refractivity contribution < 1.29 is 13.2 Å². The lowest BCUT2D eigenvalue weighted by Gasteiger charge is -2.23. The van der Waals surface area contributed by atoms with E-state index in [0.29, 0.717) is 6.54 Å². The van der Waals surface area contributed by atoms with Gasteiger partial charge in [0.05, 0.1) is 5.02 Å². The van der Waals surface area contributed by atoms with Crippen molar-refractivity contribution in [2.75, 3.05) is 6.54 Å². The summed E-state index contributed by atoms with van der Waals surface area (Å²) in [6, 6.07) is 4.06. The van der Waals surface area contributed by atoms with Crippen molar-refractivity contribution in [3.63, 3.8) is 0 Å². The molecule has 1 aliphatic rings. The first-order valence-corrected chi connectivity index (χ1v) is 9.42. The minimum atomic E-state index is -3.97. The molecule has 0 bridgehead atoms. The summed E-state index contributed by atoms with van der Waals surface area (Å²) in [5.41, 5.74) is 0.365. The van der Waals surface area contributed by atoms with Gasteiger partial charge >= 0.3 is 0 Å². The van der Waals surface area contributed by atoms with Gasteiger partial charge in [0, 0.05) is 22.8 Å². The third kappa shape index (κ3) is 4.11. The van der Waals surface area contributed by atoms with Gasteiger partial charge in [-0.3, -0.25) is 4.79 Å². The predicted octanol–water partition coefficient (Wildman–Crippen LogP) is 3.58. The van der Waals surface area contributed by atoms with Gasteiger partial charge in [-0.25, -0.2) is 8.42 Å². The van der Waals surface area contributed by atoms with E-state index in [-0.39, 0.29) is 26.8 Å². The molecule has 0 heterocycles. The number of rotatable bonds is 4. The molecular formula is C14H17Cl2NO3S. The second-order valence-electron chi connectivity index (χ2n) is 5.78. The maximum absolute atomic E-state index is 12.1. The molecule has 2 rings (SSSR count). The Bertz CT molecular complexity index is 652. The number of benzene rings is 1. The Morgan fingerprint density at radius 3 is 2.52 bits per heavy atom. The highest BCUT2D eigenvalue weighted by atomic mass is 35.7. The predicted molar refractivity (Wildman–Crippen MR) is 83.4 cm³/mol. The van der Waals surface area contributed by atoms with Crippen LogP contribution < -0.4 is 5.32 Å². The quantitative estimate of drug-likeness (QED) is 0.845. The highest BCUT2D eigenvalue weighted by molar-refractivity contribution is 8.13. The second-order valence-corrected chi connectivity index (χ2v) is 8.73. The van der Waals surface area contributed by atoms with Crippen molar-refractivity contribution in [3.05, 3.63) is 28.8 Å². The molecule has 0 aromatic heterocycles. The smallest absolute Gasteiger partial charge is 0.262 e. The van der Waals surface area contributed by atoms with Gasteiger partial charge in [-0.2, -0.15) is 0 Å². The van der Waals surface area contributed by atoms with Gasteiger partial charge in [0.15, 0.2) is 0 Å². The fourth-order valence-corrected chi connectivity index (χ4v) is 4.12. The largest absolute Gasteiger partial charge is 0.351 e. The molecule has 1 aromatic carbocycles. The van der Waals surface area contributed by atoms with Crippen LogP contribution in [0, 0.1) is 5.41 Å². The lowest BCUT2D eigenvalue weighted by atomic mass is 9.89. The van der Waals surface area contributed by atoms with Crippen molar-refractivity contribution in [2.24, 2.45) is 5.41 Å². The van der Waals surface area contributed by atoms with Gasteiger partial charge < -0.3 is 5.32 Å². The number of hydrogen-bond donors (Lipinski definition) is 1. The van der Waals surface area contributed by atoms with Gasteiger partial charge in [0.1, 0.15) is 4.90 Å². The maximum atomic E-state index is 12.1. The topological polar surface area (TPSA) is 63.2 Å². The monoisotopic (exact) mass is 349 g/mol. The molecule has 1 fully saturated rings. The summed E-state index contributed by atoms with van der Waals surface area (Å²) < 4.78 is 22.8. The van der Waals surface area contributed by atoms with Crippen LogP contribution in [0.25, 0.3) is 0 Å². The van der Waals surface area contributed by atoms with Crippen molar-refractivity contribution in [1.29, 1.82) is 0 Å². The van der Waals surface area contributed by atoms with Crippen molar-refractivity contribution in [3.8, 4) is 0 Å². The molecule has 1 aromatic rings. The Balaban J connectivity index is 2.13. The molecule has 21 heavy (non-hydrogen) atoms. The fraction of sp³-hybridized carbons (Fsp3) is 0.500. The van der Waals surface area contributed by atoms with Crippen LogP contribution in [0.1, 0.15) is 43.0 Å². The van der Waals surface area contributed by atoms with E-state index in [0.717, 1.165) is 12.8 Å². The van der Waals surface area contributed by atoms with Gasteiger partial charge in [-0.1, -0.05) is 31.4 Å². The molecule has 1 aliphatic carbocycles. The molecule has 0 aliphatic heterocycles. The van der Waals surface area contributed by atoms with E-state index >= 15 is 0 Å². The molecule has 0 unspecified atom stereocenters. The van der Waals surface area contributed by atoms with Gasteiger partial charge in [0.2, 0.25) is 0 Å². The Kier molecular flexibility index (Phi) is 4.85. The molecule has 0 spiro atoms. The van der Waals surface area contributed by atoms with E-state index < -0.39 is 9.05 Å². The maximum Gasteiger partial charge on any atom is 0.262 e. The van der Waals surface area contributed by atoms with E-state index in [1.807, 2.05) is 0 Å². The minimum absolute atomic E-state index is 0.00399. The average Bonchev–Trinajstić information content (AvgIpc) is 2.83. The molecule has 1 saturated carbocycles. The number of carbonyl (C=O) groups excluding carboxylic acids is 1. The van der Waals surface area contributed by atoms with Gasteiger partial charge in [0.25, 0.3) is 15.0 Å². The van der Waals surface area contributed by atoms with Crippen LogP contribution >= 0.6 is 22.3 Å². The van der Waals surface area contributed by atoms with Crippen LogP contribution in [0.15, 0.2) is 23.1 Å². The lowest BCUT2D eigenvalue weighted by Crippen LogP contribution is -2.34. The van der Waals surface area contributed by atoms with Crippen molar-refractivity contribution >= 4 is 37.2 Å². The van der Waals surface area contributed by atoms with Gasteiger partial charge in [-0.15, -0.1) is 0 Å². The van der Waals surface area contributed by atoms with Crippen LogP contribution in [0.2, 0.25) is 5.02 Å². The van der Waals surface area contributed by atoms with E-state index in [1.165, 1.54) is 31.0 Å². The SMILES string of the molecule is CC1(CNC(=O)c2ccc(Cl)c(S(=O)(=O)Cl)c2)CCCC1. The Morgan fingerprint density at radius 2 is 1.95 bits per heavy atom. The second kappa shape index (κ2) is 6.15. The first-order chi connectivity index (χ1) is 9.71. The first-order valence-electron chi connectivity index (χ1n) is 6.74. The van der Waals surface area contributed by atoms with E-state index in [2.05, 4.69) is 12.2 Å². The minimum Gasteiger partial charge on any atom is -0.351 e. The van der Waals surface area contributed by atoms with Crippen LogP contribution in [0.3, 0.4) is 0 Å². The molecule has 4 nitrogen and oxygen atoms in total. The highest BCUT2D eigenvalue weighted by Crippen LogP contribution is 2.36. The summed E-state index contributed by atoms with van der Waals surface area (Å²) in [6.45, 7) is 2.73. The third-order valence-electron chi connectivity index (χ3n) is 3.94. The Labute approximate surface area is 134 Å². The summed E-state index contributed by atoms with van der Waals surface area (Å²) in [4.78, 5) is 11.9. The molecule has 0 radical (unpaired) electrons. The zero-order valence-corrected chi connectivity index (χ0v) is 14.0. The van der Waals surface area contributed by atoms with Crippen molar-refractivity contribution in [1.82, 2.24) is 5.32 Å². The molecule has 0 saturated heterocycles. The fourth-order valence-electron chi connectivity index (χ4n) is 2.63. The van der Waals surface area contributed by atoms with Crippen LogP contribution in [-0.4, -0.2) is 20.9 Å². The van der Waals surface area contributed by atoms with E-state index in [1.54, 1.807) is 0 Å². The Morgan fingerprint density at radius 1 is 1.33 bits per heavy atom. The number of halogens is 2. The molecule has 7 heteroatoms. The highest BCUT2D eigenvalue weighted by Gasteiger charge is 2.29. The summed E-state index contributed by atoms with van der Waals surface area (Å²) in [5, 5.41) is 2.86. The van der Waals surface area contributed by atoms with E-state index in [9.17, 15) is 13.2 Å². The molecular weight excluding hydrogens is 333 g/mol. The van der Waals surface area contributed by atoms with Crippen molar-refractivity contribution in [2.45, 2.75) is 37.5 Å². The average molecular weight is 350 g/mol. The molecule has 1 N–H and O–H groups in total. The van der Waals surface area contributed by atoms with Gasteiger partial charge in [-0.05, 0) is 36.5 Å². The van der Waals surface area contributed by atoms with E-state index in [4.69, 9.17) is 22.3 Å². The van der Waals surface area contributed by atoms with Crippen LogP contribution in [0.5, 0.6) is 0 Å². The number of nitrogens with one attached hydrogen (secondary N) is 1. The molecule has 0 atom stereocenters. The van der Waals surface area contributed by atoms with Crippen LogP contribution in [0.4, 0.5) is 0 Å². The number of hydrogen-bond acceptors (Lipinski definition) is 3. The zero-order valence-electron chi connectivity index (χ0n) is 11.7. The lowest BCUT2D eigenvalue weighted by molar-refractivity contribution is 0.0934. The summed E-state index contributed by atoms with van der Waals surface area (Å²) in [6.07, 6.45) is 4.55. The summed E-state index contributed by atoms with van der Waals surface area (Å²) in [5.74, 6) is -0.318. The third-order valence-corrected chi connectivity index (χ3v) is 5.75. The normalized spacial score (nSPS) is 17.7. The number of amides is 1. The standard InChI is InChI=1S/C14H17Cl2NO3S/c1-14(6-2-3-7-14)9-17-13(18)10-4-5-11(15)12(8-10)21(16,19)20/h4-5,8H,2-3,6-7,9H2,1H3,(H,17,18). The zero-order chi connectivity index (χ0) is 15.7. The Hall–Kier alpha value is -0.780. The van der Waals surface area contributed by atoms with Crippen LogP contribution in [-0.2, 0) is 9.05 Å². The molecule has 116 valence electrons. The number of carbonyl (C=O) groups is 1.